The van der Waals surface area contributed by atoms with Crippen molar-refractivity contribution < 1.29 is 8.42 Å². The van der Waals surface area contributed by atoms with E-state index in [0.717, 1.165) is 36.8 Å². The van der Waals surface area contributed by atoms with E-state index in [1.54, 1.807) is 12.1 Å². The Morgan fingerprint density at radius 3 is 2.62 bits per heavy atom. The molecule has 5 heteroatoms. The van der Waals surface area contributed by atoms with Crippen molar-refractivity contribution in [3.8, 4) is 0 Å². The Labute approximate surface area is 128 Å². The fourth-order valence-corrected chi connectivity index (χ4v) is 4.61. The summed E-state index contributed by atoms with van der Waals surface area (Å²) in [5, 5.41) is 0. The Hall–Kier alpha value is -0.910. The molecule has 0 bridgehead atoms. The van der Waals surface area contributed by atoms with Crippen LogP contribution in [0, 0.1) is 12.8 Å². The first-order chi connectivity index (χ1) is 9.97. The number of hydrogen-bond donors (Lipinski definition) is 2. The van der Waals surface area contributed by atoms with Crippen molar-refractivity contribution in [2.24, 2.45) is 11.7 Å². The van der Waals surface area contributed by atoms with Crippen LogP contribution in [-0.4, -0.2) is 14.5 Å². The van der Waals surface area contributed by atoms with Gasteiger partial charge in [-0.3, -0.25) is 0 Å². The van der Waals surface area contributed by atoms with Crippen molar-refractivity contribution in [1.82, 2.24) is 4.72 Å². The number of sulfonamides is 1. The van der Waals surface area contributed by atoms with Crippen LogP contribution < -0.4 is 10.5 Å². The number of rotatable bonds is 5. The van der Waals surface area contributed by atoms with Crippen LogP contribution in [0.2, 0.25) is 0 Å². The lowest BCUT2D eigenvalue weighted by molar-refractivity contribution is 0.282. The average Bonchev–Trinajstić information content (AvgIpc) is 2.47. The summed E-state index contributed by atoms with van der Waals surface area (Å²) in [6.45, 7) is 4.47. The smallest absolute Gasteiger partial charge is 0.240 e. The van der Waals surface area contributed by atoms with Gasteiger partial charge >= 0.3 is 0 Å². The summed E-state index contributed by atoms with van der Waals surface area (Å²) in [5.74, 6) is 0.456. The Bertz CT molecular complexity index is 584. The van der Waals surface area contributed by atoms with Gasteiger partial charge in [-0.05, 0) is 48.9 Å². The molecule has 1 saturated carbocycles. The van der Waals surface area contributed by atoms with Crippen LogP contribution in [0.5, 0.6) is 0 Å². The van der Waals surface area contributed by atoms with E-state index < -0.39 is 10.0 Å². The molecule has 4 nitrogen and oxygen atoms in total. The molecule has 0 radical (unpaired) electrons. The molecule has 2 rings (SSSR count). The molecule has 0 spiro atoms. The van der Waals surface area contributed by atoms with Gasteiger partial charge in [0.05, 0.1) is 4.90 Å². The third-order valence-electron chi connectivity index (χ3n) is 4.58. The van der Waals surface area contributed by atoms with Crippen LogP contribution in [0.1, 0.15) is 50.2 Å². The molecule has 2 unspecified atom stereocenters. The molecule has 3 N–H and O–H groups in total. The SMILES string of the molecule is CCC1CCCCC1NS(=O)(=O)c1ccc(CN)c(C)c1. The first kappa shape index (κ1) is 16.5. The van der Waals surface area contributed by atoms with Gasteiger partial charge in [0.2, 0.25) is 10.0 Å². The topological polar surface area (TPSA) is 72.2 Å². The summed E-state index contributed by atoms with van der Waals surface area (Å²) in [6, 6.07) is 5.25. The molecule has 1 aliphatic carbocycles. The highest BCUT2D eigenvalue weighted by molar-refractivity contribution is 7.89. The molecule has 21 heavy (non-hydrogen) atoms. The highest BCUT2D eigenvalue weighted by Crippen LogP contribution is 2.28. The van der Waals surface area contributed by atoms with Gasteiger partial charge in [0.1, 0.15) is 0 Å². The predicted octanol–water partition coefficient (Wildman–Crippen LogP) is 2.70. The lowest BCUT2D eigenvalue weighted by atomic mass is 9.83. The maximum absolute atomic E-state index is 12.6. The first-order valence-corrected chi connectivity index (χ1v) is 9.28. The summed E-state index contributed by atoms with van der Waals surface area (Å²) < 4.78 is 28.1. The van der Waals surface area contributed by atoms with Gasteiger partial charge in [0, 0.05) is 12.6 Å². The Balaban J connectivity index is 2.19. The summed E-state index contributed by atoms with van der Waals surface area (Å²) >= 11 is 0. The van der Waals surface area contributed by atoms with Crippen LogP contribution in [-0.2, 0) is 16.6 Å². The standard InChI is InChI=1S/C16H26N2O2S/c1-3-13-6-4-5-7-16(13)18-21(19,20)15-9-8-14(11-17)12(2)10-15/h8-10,13,16,18H,3-7,11,17H2,1-2H3. The minimum Gasteiger partial charge on any atom is -0.326 e. The quantitative estimate of drug-likeness (QED) is 0.878. The molecule has 1 aromatic rings. The highest BCUT2D eigenvalue weighted by Gasteiger charge is 2.28. The Morgan fingerprint density at radius 2 is 2.00 bits per heavy atom. The number of nitrogens with two attached hydrogens (primary N) is 1. The largest absolute Gasteiger partial charge is 0.326 e. The molecule has 0 amide bonds. The molecular formula is C16H26N2O2S. The number of benzene rings is 1. The van der Waals surface area contributed by atoms with Crippen molar-refractivity contribution in [2.75, 3.05) is 0 Å². The number of aryl methyl sites for hydroxylation is 1. The molecule has 0 heterocycles. The summed E-state index contributed by atoms with van der Waals surface area (Å²) in [6.07, 6.45) is 5.40. The molecule has 0 aliphatic heterocycles. The molecule has 118 valence electrons. The zero-order valence-electron chi connectivity index (χ0n) is 12.9. The van der Waals surface area contributed by atoms with Gasteiger partial charge < -0.3 is 5.73 Å². The van der Waals surface area contributed by atoms with Crippen LogP contribution in [0.25, 0.3) is 0 Å². The van der Waals surface area contributed by atoms with Gasteiger partial charge in [-0.2, -0.15) is 0 Å². The maximum Gasteiger partial charge on any atom is 0.240 e. The van der Waals surface area contributed by atoms with Gasteiger partial charge in [0.15, 0.2) is 0 Å². The normalized spacial score (nSPS) is 23.2. The highest BCUT2D eigenvalue weighted by atomic mass is 32.2. The van der Waals surface area contributed by atoms with Gasteiger partial charge in [-0.15, -0.1) is 0 Å². The minimum absolute atomic E-state index is 0.0724. The second kappa shape index (κ2) is 6.90. The zero-order chi connectivity index (χ0) is 15.5. The average molecular weight is 310 g/mol. The van der Waals surface area contributed by atoms with Crippen molar-refractivity contribution in [3.05, 3.63) is 29.3 Å². The van der Waals surface area contributed by atoms with E-state index in [-0.39, 0.29) is 6.04 Å². The predicted molar refractivity (Wildman–Crippen MR) is 85.4 cm³/mol. The van der Waals surface area contributed by atoms with Gasteiger partial charge in [-0.1, -0.05) is 32.3 Å². The summed E-state index contributed by atoms with van der Waals surface area (Å²) in [5.41, 5.74) is 7.54. The number of nitrogens with one attached hydrogen (secondary N) is 1. The first-order valence-electron chi connectivity index (χ1n) is 7.80. The van der Waals surface area contributed by atoms with E-state index in [1.165, 1.54) is 6.42 Å². The Kier molecular flexibility index (Phi) is 5.41. The van der Waals surface area contributed by atoms with Crippen LogP contribution >= 0.6 is 0 Å². The monoisotopic (exact) mass is 310 g/mol. The second-order valence-electron chi connectivity index (χ2n) is 5.97. The molecule has 0 saturated heterocycles. The van der Waals surface area contributed by atoms with Crippen molar-refractivity contribution in [2.45, 2.75) is 63.4 Å². The molecule has 0 aromatic heterocycles. The molecule has 2 atom stereocenters. The van der Waals surface area contributed by atoms with Gasteiger partial charge in [0.25, 0.3) is 0 Å². The fraction of sp³-hybridized carbons (Fsp3) is 0.625. The lowest BCUT2D eigenvalue weighted by Gasteiger charge is -2.31. The van der Waals surface area contributed by atoms with E-state index in [4.69, 9.17) is 5.73 Å². The third kappa shape index (κ3) is 3.84. The zero-order valence-corrected chi connectivity index (χ0v) is 13.7. The van der Waals surface area contributed by atoms with E-state index >= 15 is 0 Å². The van der Waals surface area contributed by atoms with Crippen LogP contribution in [0.3, 0.4) is 0 Å². The maximum atomic E-state index is 12.6. The van der Waals surface area contributed by atoms with E-state index in [2.05, 4.69) is 11.6 Å². The van der Waals surface area contributed by atoms with E-state index in [1.807, 2.05) is 13.0 Å². The molecule has 1 aromatic carbocycles. The second-order valence-corrected chi connectivity index (χ2v) is 7.69. The third-order valence-corrected chi connectivity index (χ3v) is 6.07. The Morgan fingerprint density at radius 1 is 1.29 bits per heavy atom. The van der Waals surface area contributed by atoms with Crippen molar-refractivity contribution in [1.29, 1.82) is 0 Å². The minimum atomic E-state index is -3.44. The van der Waals surface area contributed by atoms with Crippen LogP contribution in [0.4, 0.5) is 0 Å². The van der Waals surface area contributed by atoms with Crippen molar-refractivity contribution in [3.63, 3.8) is 0 Å². The molecular weight excluding hydrogens is 284 g/mol. The fourth-order valence-electron chi connectivity index (χ4n) is 3.18. The summed E-state index contributed by atoms with van der Waals surface area (Å²) in [4.78, 5) is 0.345. The number of hydrogen-bond acceptors (Lipinski definition) is 3. The van der Waals surface area contributed by atoms with E-state index in [9.17, 15) is 8.42 Å². The lowest BCUT2D eigenvalue weighted by Crippen LogP contribution is -2.41. The van der Waals surface area contributed by atoms with Gasteiger partial charge in [-0.25, -0.2) is 13.1 Å². The summed E-state index contributed by atoms with van der Waals surface area (Å²) in [7, 11) is -3.44. The van der Waals surface area contributed by atoms with E-state index in [0.29, 0.717) is 17.4 Å². The van der Waals surface area contributed by atoms with Crippen molar-refractivity contribution >= 4 is 10.0 Å². The molecule has 1 aliphatic rings. The molecule has 1 fully saturated rings. The van der Waals surface area contributed by atoms with Crippen LogP contribution in [0.15, 0.2) is 23.1 Å².